The zero-order valence-corrected chi connectivity index (χ0v) is 12.0. The number of aryl methyl sites for hydroxylation is 1. The third kappa shape index (κ3) is 4.71. The van der Waals surface area contributed by atoms with E-state index in [1.54, 1.807) is 6.92 Å². The highest BCUT2D eigenvalue weighted by Gasteiger charge is 2.19. The van der Waals surface area contributed by atoms with Crippen molar-refractivity contribution in [3.05, 3.63) is 16.1 Å². The molecule has 1 aromatic rings. The molecule has 1 rings (SSSR count). The van der Waals surface area contributed by atoms with Gasteiger partial charge in [-0.15, -0.1) is 11.3 Å². The summed E-state index contributed by atoms with van der Waals surface area (Å²) in [5.74, 6) is 0. The van der Waals surface area contributed by atoms with Crippen molar-refractivity contribution in [1.82, 2.24) is 15.0 Å². The second-order valence-electron chi connectivity index (χ2n) is 3.84. The smallest absolute Gasteiger partial charge is 0.215 e. The third-order valence-electron chi connectivity index (χ3n) is 2.33. The molecule has 5 nitrogen and oxygen atoms in total. The van der Waals surface area contributed by atoms with Crippen molar-refractivity contribution in [2.24, 2.45) is 0 Å². The summed E-state index contributed by atoms with van der Waals surface area (Å²) < 4.78 is 26.3. The monoisotopic (exact) mass is 277 g/mol. The number of sulfonamides is 1. The number of rotatable bonds is 7. The molecule has 0 saturated carbocycles. The highest BCUT2D eigenvalue weighted by molar-refractivity contribution is 7.90. The van der Waals surface area contributed by atoms with E-state index in [0.29, 0.717) is 6.54 Å². The van der Waals surface area contributed by atoms with Crippen molar-refractivity contribution in [2.45, 2.75) is 32.6 Å². The molecule has 1 atom stereocenters. The van der Waals surface area contributed by atoms with E-state index in [4.69, 9.17) is 0 Å². The molecule has 0 aliphatic rings. The number of thiazole rings is 1. The summed E-state index contributed by atoms with van der Waals surface area (Å²) in [6.45, 7) is 7.04. The largest absolute Gasteiger partial charge is 0.316 e. The summed E-state index contributed by atoms with van der Waals surface area (Å²) in [7, 11) is -3.27. The van der Waals surface area contributed by atoms with Crippen molar-refractivity contribution in [3.8, 4) is 0 Å². The Balaban J connectivity index is 2.49. The lowest BCUT2D eigenvalue weighted by Crippen LogP contribution is -2.38. The molecule has 2 N–H and O–H groups in total. The van der Waals surface area contributed by atoms with Gasteiger partial charge in [0, 0.05) is 11.9 Å². The van der Waals surface area contributed by atoms with Gasteiger partial charge in [-0.2, -0.15) is 0 Å². The van der Waals surface area contributed by atoms with Gasteiger partial charge in [0.05, 0.1) is 22.5 Å². The van der Waals surface area contributed by atoms with Gasteiger partial charge in [-0.05, 0) is 20.4 Å². The maximum absolute atomic E-state index is 11.8. The summed E-state index contributed by atoms with van der Waals surface area (Å²) in [5.41, 5.74) is 0.770. The number of nitrogens with one attached hydrogen (secondary N) is 2. The molecule has 98 valence electrons. The molecular formula is C10H19N3O2S2. The van der Waals surface area contributed by atoms with Gasteiger partial charge < -0.3 is 5.32 Å². The van der Waals surface area contributed by atoms with E-state index < -0.39 is 15.3 Å². The van der Waals surface area contributed by atoms with E-state index >= 15 is 0 Å². The molecule has 0 bridgehead atoms. The number of nitrogens with zero attached hydrogens (tertiary/aromatic N) is 1. The van der Waals surface area contributed by atoms with E-state index in [2.05, 4.69) is 15.0 Å². The minimum atomic E-state index is -3.27. The van der Waals surface area contributed by atoms with E-state index in [0.717, 1.165) is 17.2 Å². The fraction of sp³-hybridized carbons (Fsp3) is 0.700. The predicted octanol–water partition coefficient (Wildman–Crippen LogP) is 0.869. The summed E-state index contributed by atoms with van der Waals surface area (Å²) >= 11 is 1.52. The lowest BCUT2D eigenvalue weighted by molar-refractivity contribution is 0.559. The van der Waals surface area contributed by atoms with Crippen LogP contribution in [0.2, 0.25) is 0 Å². The zero-order valence-electron chi connectivity index (χ0n) is 10.4. The quantitative estimate of drug-likeness (QED) is 0.776. The lowest BCUT2D eigenvalue weighted by atomic mass is 10.5. The Labute approximate surface area is 107 Å². The summed E-state index contributed by atoms with van der Waals surface area (Å²) in [4.78, 5) is 4.21. The second-order valence-corrected chi connectivity index (χ2v) is 7.09. The molecule has 0 fully saturated rings. The Morgan fingerprint density at radius 2 is 2.24 bits per heavy atom. The molecule has 7 heteroatoms. The molecule has 0 saturated heterocycles. The molecule has 17 heavy (non-hydrogen) atoms. The molecule has 0 aromatic carbocycles. The van der Waals surface area contributed by atoms with Gasteiger partial charge in [-0.25, -0.2) is 18.1 Å². The van der Waals surface area contributed by atoms with Crippen LogP contribution in [0, 0.1) is 6.92 Å². The van der Waals surface area contributed by atoms with E-state index in [1.807, 2.05) is 19.2 Å². The van der Waals surface area contributed by atoms with Gasteiger partial charge in [-0.3, -0.25) is 0 Å². The predicted molar refractivity (Wildman–Crippen MR) is 70.6 cm³/mol. The Bertz CT molecular complexity index is 442. The molecule has 0 spiro atoms. The van der Waals surface area contributed by atoms with Gasteiger partial charge in [-0.1, -0.05) is 6.92 Å². The fourth-order valence-corrected chi connectivity index (χ4v) is 2.85. The molecule has 0 amide bonds. The minimum Gasteiger partial charge on any atom is -0.316 e. The summed E-state index contributed by atoms with van der Waals surface area (Å²) in [5, 5.41) is 5.39. The molecule has 0 aliphatic carbocycles. The van der Waals surface area contributed by atoms with Gasteiger partial charge in [0.2, 0.25) is 10.0 Å². The summed E-state index contributed by atoms with van der Waals surface area (Å²) in [6.07, 6.45) is 0. The van der Waals surface area contributed by atoms with Crippen LogP contribution < -0.4 is 10.0 Å². The van der Waals surface area contributed by atoms with Gasteiger partial charge in [0.15, 0.2) is 0 Å². The van der Waals surface area contributed by atoms with E-state index in [1.165, 1.54) is 11.3 Å². The Kier molecular flexibility index (Phi) is 5.51. The van der Waals surface area contributed by atoms with Crippen LogP contribution in [0.25, 0.3) is 0 Å². The first kappa shape index (κ1) is 14.6. The first-order valence-electron chi connectivity index (χ1n) is 5.56. The fourth-order valence-electron chi connectivity index (χ4n) is 1.26. The third-order valence-corrected chi connectivity index (χ3v) is 4.93. The van der Waals surface area contributed by atoms with Crippen LogP contribution in [0.4, 0.5) is 0 Å². The van der Waals surface area contributed by atoms with Crippen molar-refractivity contribution in [2.75, 3.05) is 13.1 Å². The topological polar surface area (TPSA) is 71.1 Å². The molecule has 1 aromatic heterocycles. The number of aromatic nitrogens is 1. The zero-order chi connectivity index (χ0) is 12.9. The molecule has 0 aliphatic heterocycles. The SMILES string of the molecule is CCNCC(C)S(=O)(=O)NCc1csc(C)n1. The average Bonchev–Trinajstić information content (AvgIpc) is 2.69. The highest BCUT2D eigenvalue weighted by atomic mass is 32.2. The van der Waals surface area contributed by atoms with Gasteiger partial charge >= 0.3 is 0 Å². The minimum absolute atomic E-state index is 0.267. The normalized spacial score (nSPS) is 13.8. The van der Waals surface area contributed by atoms with Gasteiger partial charge in [0.1, 0.15) is 0 Å². The Morgan fingerprint density at radius 3 is 2.76 bits per heavy atom. The van der Waals surface area contributed by atoms with E-state index in [9.17, 15) is 8.42 Å². The van der Waals surface area contributed by atoms with E-state index in [-0.39, 0.29) is 6.54 Å². The number of hydrogen-bond acceptors (Lipinski definition) is 5. The average molecular weight is 277 g/mol. The lowest BCUT2D eigenvalue weighted by Gasteiger charge is -2.13. The second kappa shape index (κ2) is 6.44. The molecular weight excluding hydrogens is 258 g/mol. The Morgan fingerprint density at radius 1 is 1.53 bits per heavy atom. The van der Waals surface area contributed by atoms with Crippen molar-refractivity contribution < 1.29 is 8.42 Å². The molecule has 0 radical (unpaired) electrons. The van der Waals surface area contributed by atoms with Crippen LogP contribution >= 0.6 is 11.3 Å². The van der Waals surface area contributed by atoms with Crippen molar-refractivity contribution in [1.29, 1.82) is 0 Å². The maximum Gasteiger partial charge on any atom is 0.215 e. The van der Waals surface area contributed by atoms with Crippen LogP contribution in [-0.2, 0) is 16.6 Å². The highest BCUT2D eigenvalue weighted by Crippen LogP contribution is 2.08. The van der Waals surface area contributed by atoms with Crippen molar-refractivity contribution in [3.63, 3.8) is 0 Å². The summed E-state index contributed by atoms with van der Waals surface area (Å²) in [6, 6.07) is 0. The van der Waals surface area contributed by atoms with Crippen LogP contribution in [0.1, 0.15) is 24.5 Å². The van der Waals surface area contributed by atoms with Crippen molar-refractivity contribution >= 4 is 21.4 Å². The first-order valence-corrected chi connectivity index (χ1v) is 7.98. The first-order chi connectivity index (χ1) is 7.95. The van der Waals surface area contributed by atoms with Crippen LogP contribution in [0.5, 0.6) is 0 Å². The standard InChI is InChI=1S/C10H19N3O2S2/c1-4-11-5-8(2)17(14,15)12-6-10-7-16-9(3)13-10/h7-8,11-12H,4-6H2,1-3H3. The van der Waals surface area contributed by atoms with Crippen LogP contribution in [-0.4, -0.2) is 31.7 Å². The number of hydrogen-bond donors (Lipinski definition) is 2. The Hall–Kier alpha value is -0.500. The molecule has 1 unspecified atom stereocenters. The maximum atomic E-state index is 11.8. The van der Waals surface area contributed by atoms with Gasteiger partial charge in [0.25, 0.3) is 0 Å². The van der Waals surface area contributed by atoms with Crippen LogP contribution in [0.3, 0.4) is 0 Å². The molecule has 1 heterocycles. The van der Waals surface area contributed by atoms with Crippen LogP contribution in [0.15, 0.2) is 5.38 Å².